The summed E-state index contributed by atoms with van der Waals surface area (Å²) in [4.78, 5) is 4.58. The van der Waals surface area contributed by atoms with Crippen molar-refractivity contribution in [3.05, 3.63) is 144 Å². The van der Waals surface area contributed by atoms with Crippen LogP contribution in [-0.4, -0.2) is 12.2 Å². The quantitative estimate of drug-likeness (QED) is 0.136. The number of rotatable bonds is 3. The number of nitrogens with zero attached hydrogens (tertiary/aromatic N) is 2. The first kappa shape index (κ1) is 30.9. The summed E-state index contributed by atoms with van der Waals surface area (Å²) in [5, 5.41) is 4.32. The highest BCUT2D eigenvalue weighted by Crippen LogP contribution is 2.50. The molecule has 2 aliphatic heterocycles. The van der Waals surface area contributed by atoms with E-state index in [1.165, 1.54) is 0 Å². The van der Waals surface area contributed by atoms with E-state index in [0.717, 1.165) is 94.3 Å². The first-order chi connectivity index (χ1) is 24.0. The summed E-state index contributed by atoms with van der Waals surface area (Å²) < 4.78 is 43.1. The third kappa shape index (κ3) is 4.90. The summed E-state index contributed by atoms with van der Waals surface area (Å²) in [6.07, 6.45) is 0. The van der Waals surface area contributed by atoms with Crippen molar-refractivity contribution in [2.75, 3.05) is 9.80 Å². The van der Waals surface area contributed by atoms with Gasteiger partial charge in [0.05, 0.1) is 0 Å². The van der Waals surface area contributed by atoms with Gasteiger partial charge >= 0.3 is 5.51 Å². The second kappa shape index (κ2) is 11.2. The van der Waals surface area contributed by atoms with Crippen molar-refractivity contribution in [3.63, 3.8) is 0 Å². The van der Waals surface area contributed by atoms with Gasteiger partial charge in [-0.3, -0.25) is 0 Å². The molecule has 0 aromatic heterocycles. The third-order valence-electron chi connectivity index (χ3n) is 10.1. The van der Waals surface area contributed by atoms with Gasteiger partial charge in [0.25, 0.3) is 6.71 Å². The van der Waals surface area contributed by atoms with Crippen molar-refractivity contribution < 1.29 is 13.2 Å². The SMILES string of the molecule is Cc1cccc(N2c3cc(SC(F)(F)F)cc4c3B(c3ccc5ccc(C)cc5c32)c2ccc3ccc(C)cc3c2N4c2cccc(C)c2)c1. The van der Waals surface area contributed by atoms with Crippen molar-refractivity contribution in [1.29, 1.82) is 0 Å². The van der Waals surface area contributed by atoms with Crippen LogP contribution in [0.3, 0.4) is 0 Å². The molecule has 2 aliphatic rings. The lowest BCUT2D eigenvalue weighted by molar-refractivity contribution is -0.0328. The van der Waals surface area contributed by atoms with E-state index in [4.69, 9.17) is 0 Å². The summed E-state index contributed by atoms with van der Waals surface area (Å²) >= 11 is -0.0494. The van der Waals surface area contributed by atoms with E-state index >= 15 is 0 Å². The van der Waals surface area contributed by atoms with Crippen LogP contribution >= 0.6 is 11.8 Å². The molecule has 50 heavy (non-hydrogen) atoms. The molecule has 0 unspecified atom stereocenters. The molecule has 244 valence electrons. The number of hydrogen-bond acceptors (Lipinski definition) is 3. The molecule has 2 heterocycles. The van der Waals surface area contributed by atoms with E-state index in [9.17, 15) is 13.2 Å². The molecule has 7 heteroatoms. The van der Waals surface area contributed by atoms with Crippen molar-refractivity contribution in [2.45, 2.75) is 38.1 Å². The van der Waals surface area contributed by atoms with Crippen LogP contribution in [0.5, 0.6) is 0 Å². The van der Waals surface area contributed by atoms with E-state index in [1.807, 2.05) is 12.1 Å². The fraction of sp³-hybridized carbons (Fsp3) is 0.116. The lowest BCUT2D eigenvalue weighted by Crippen LogP contribution is -2.61. The van der Waals surface area contributed by atoms with Crippen LogP contribution in [0, 0.1) is 27.7 Å². The second-order valence-corrected chi connectivity index (χ2v) is 14.8. The first-order valence-electron chi connectivity index (χ1n) is 16.8. The Hall–Kier alpha value is -5.14. The zero-order valence-electron chi connectivity index (χ0n) is 28.1. The van der Waals surface area contributed by atoms with E-state index in [-0.39, 0.29) is 23.4 Å². The second-order valence-electron chi connectivity index (χ2n) is 13.7. The van der Waals surface area contributed by atoms with E-state index in [2.05, 4.69) is 135 Å². The predicted octanol–water partition coefficient (Wildman–Crippen LogP) is 10.9. The van der Waals surface area contributed by atoms with Crippen LogP contribution in [0.4, 0.5) is 47.3 Å². The van der Waals surface area contributed by atoms with Gasteiger partial charge in [0.15, 0.2) is 0 Å². The van der Waals surface area contributed by atoms with Gasteiger partial charge in [-0.25, -0.2) is 0 Å². The predicted molar refractivity (Wildman–Crippen MR) is 206 cm³/mol. The van der Waals surface area contributed by atoms with Crippen LogP contribution in [0.25, 0.3) is 21.5 Å². The fourth-order valence-electron chi connectivity index (χ4n) is 8.08. The molecule has 0 atom stereocenters. The summed E-state index contributed by atoms with van der Waals surface area (Å²) in [6, 6.07) is 41.8. The Bertz CT molecular complexity index is 2380. The van der Waals surface area contributed by atoms with Crippen molar-refractivity contribution in [3.8, 4) is 0 Å². The number of aryl methyl sites for hydroxylation is 4. The van der Waals surface area contributed by atoms with Gasteiger partial charge in [0, 0.05) is 49.8 Å². The monoisotopic (exact) mass is 676 g/mol. The molecule has 0 spiro atoms. The van der Waals surface area contributed by atoms with Gasteiger partial charge < -0.3 is 9.80 Å². The molecular weight excluding hydrogens is 644 g/mol. The van der Waals surface area contributed by atoms with Crippen LogP contribution in [0.15, 0.2) is 126 Å². The summed E-state index contributed by atoms with van der Waals surface area (Å²) in [5.74, 6) is 0. The van der Waals surface area contributed by atoms with Gasteiger partial charge in [-0.05, 0) is 126 Å². The fourth-order valence-corrected chi connectivity index (χ4v) is 8.69. The maximum Gasteiger partial charge on any atom is 0.446 e. The lowest BCUT2D eigenvalue weighted by Gasteiger charge is -2.45. The van der Waals surface area contributed by atoms with E-state index in [1.54, 1.807) is 12.1 Å². The normalized spacial score (nSPS) is 13.5. The molecule has 0 fully saturated rings. The van der Waals surface area contributed by atoms with Crippen LogP contribution in [-0.2, 0) is 0 Å². The first-order valence-corrected chi connectivity index (χ1v) is 17.6. The number of hydrogen-bond donors (Lipinski definition) is 0. The van der Waals surface area contributed by atoms with Gasteiger partial charge in [-0.2, -0.15) is 13.2 Å². The highest BCUT2D eigenvalue weighted by molar-refractivity contribution is 8.00. The minimum absolute atomic E-state index is 0.0494. The number of halogens is 3. The Kier molecular flexibility index (Phi) is 6.91. The molecule has 0 amide bonds. The van der Waals surface area contributed by atoms with Crippen LogP contribution < -0.4 is 26.2 Å². The molecule has 0 saturated carbocycles. The minimum Gasteiger partial charge on any atom is -0.311 e. The Balaban J connectivity index is 1.48. The van der Waals surface area contributed by atoms with E-state index in [0.29, 0.717) is 0 Å². The highest BCUT2D eigenvalue weighted by Gasteiger charge is 2.45. The standard InChI is InChI=1S/C43H32BF3N2S/c1-25-7-5-9-31(19-25)48-38-23-33(50-43(45,46)47)24-39-40(38)44(36-17-15-29-13-11-27(3)21-34(29)41(36)48)37-18-16-30-14-12-28(4)22-35(30)42(37)49(39)32-10-6-8-26(2)20-32/h5-24H,1-4H3. The zero-order chi connectivity index (χ0) is 34.5. The molecule has 2 nitrogen and oxygen atoms in total. The van der Waals surface area contributed by atoms with Gasteiger partial charge in [-0.15, -0.1) is 0 Å². The van der Waals surface area contributed by atoms with Gasteiger partial charge in [0.2, 0.25) is 0 Å². The molecule has 7 aromatic rings. The Morgan fingerprint density at radius 3 is 1.40 bits per heavy atom. The number of fused-ring (bicyclic) bond motifs is 8. The summed E-state index contributed by atoms with van der Waals surface area (Å²) in [7, 11) is 0. The number of thioether (sulfide) groups is 1. The molecule has 9 rings (SSSR count). The van der Waals surface area contributed by atoms with Crippen molar-refractivity contribution in [1.82, 2.24) is 0 Å². The maximum atomic E-state index is 14.4. The smallest absolute Gasteiger partial charge is 0.311 e. The molecule has 0 radical (unpaired) electrons. The van der Waals surface area contributed by atoms with Crippen LogP contribution in [0.1, 0.15) is 22.3 Å². The van der Waals surface area contributed by atoms with Gasteiger partial charge in [-0.1, -0.05) is 83.9 Å². The van der Waals surface area contributed by atoms with Crippen molar-refractivity contribution in [2.24, 2.45) is 0 Å². The molecule has 0 aliphatic carbocycles. The lowest BCUT2D eigenvalue weighted by atomic mass is 9.33. The molecule has 7 aromatic carbocycles. The average Bonchev–Trinajstić information content (AvgIpc) is 3.07. The largest absolute Gasteiger partial charge is 0.446 e. The summed E-state index contributed by atoms with van der Waals surface area (Å²) in [6.45, 7) is 8.07. The topological polar surface area (TPSA) is 6.48 Å². The Morgan fingerprint density at radius 2 is 0.960 bits per heavy atom. The Labute approximate surface area is 294 Å². The maximum absolute atomic E-state index is 14.4. The van der Waals surface area contributed by atoms with Gasteiger partial charge in [0.1, 0.15) is 0 Å². The summed E-state index contributed by atoms with van der Waals surface area (Å²) in [5.41, 5.74) is 8.57. The van der Waals surface area contributed by atoms with Crippen molar-refractivity contribution >= 4 is 90.5 Å². The number of benzene rings is 7. The third-order valence-corrected chi connectivity index (χ3v) is 10.8. The van der Waals surface area contributed by atoms with Crippen LogP contribution in [0.2, 0.25) is 0 Å². The molecule has 0 N–H and O–H groups in total. The van der Waals surface area contributed by atoms with E-state index < -0.39 is 5.51 Å². The molecule has 0 saturated heterocycles. The minimum atomic E-state index is -4.46. The average molecular weight is 677 g/mol. The number of alkyl halides is 3. The zero-order valence-corrected chi connectivity index (χ0v) is 28.9. The Morgan fingerprint density at radius 1 is 0.520 bits per heavy atom. The molecular formula is C43H32BF3N2S. The highest BCUT2D eigenvalue weighted by atomic mass is 32.2. The molecule has 0 bridgehead atoms. The number of anilines is 6.